The third-order valence-corrected chi connectivity index (χ3v) is 3.17. The van der Waals surface area contributed by atoms with Gasteiger partial charge in [-0.15, -0.1) is 0 Å². The van der Waals surface area contributed by atoms with Gasteiger partial charge in [-0.25, -0.2) is 4.98 Å². The van der Waals surface area contributed by atoms with Crippen LogP contribution in [-0.4, -0.2) is 34.7 Å². The minimum absolute atomic E-state index is 0.235. The van der Waals surface area contributed by atoms with E-state index in [9.17, 15) is 0 Å². The molecule has 0 bridgehead atoms. The van der Waals surface area contributed by atoms with Gasteiger partial charge in [0.15, 0.2) is 5.82 Å². The Labute approximate surface area is 105 Å². The number of hydrogen-bond acceptors (Lipinski definition) is 6. The van der Waals surface area contributed by atoms with E-state index >= 15 is 0 Å². The largest absolute Gasteiger partial charge is 0.396 e. The fourth-order valence-corrected chi connectivity index (χ4v) is 2.01. The second-order valence-electron chi connectivity index (χ2n) is 3.35. The maximum Gasteiger partial charge on any atom is 0.150 e. The molecule has 0 spiro atoms. The lowest BCUT2D eigenvalue weighted by Gasteiger charge is -2.08. The number of nitrogens with zero attached hydrogens (tertiary/aromatic N) is 2. The number of nitrogens with two attached hydrogens (primary N) is 1. The van der Waals surface area contributed by atoms with Crippen molar-refractivity contribution in [3.05, 3.63) is 17.8 Å². The number of nitrogen functional groups attached to an aromatic ring is 1. The molecule has 0 radical (unpaired) electrons. The highest BCUT2D eigenvalue weighted by atomic mass is 32.2. The van der Waals surface area contributed by atoms with E-state index in [1.165, 1.54) is 0 Å². The number of aromatic nitrogens is 1. The Morgan fingerprint density at radius 2 is 2.35 bits per heavy atom. The van der Waals surface area contributed by atoms with Crippen molar-refractivity contribution in [1.29, 1.82) is 5.26 Å². The third kappa shape index (κ3) is 4.51. The van der Waals surface area contributed by atoms with Crippen LogP contribution in [0.5, 0.6) is 0 Å². The molecular weight excluding hydrogens is 236 g/mol. The number of pyridine rings is 1. The summed E-state index contributed by atoms with van der Waals surface area (Å²) in [5.41, 5.74) is 6.61. The Balaban J connectivity index is 2.35. The van der Waals surface area contributed by atoms with Gasteiger partial charge in [0.1, 0.15) is 6.07 Å². The van der Waals surface area contributed by atoms with Gasteiger partial charge in [0, 0.05) is 25.1 Å². The van der Waals surface area contributed by atoms with Crippen molar-refractivity contribution in [2.24, 2.45) is 0 Å². The van der Waals surface area contributed by atoms with Gasteiger partial charge >= 0.3 is 0 Å². The minimum Gasteiger partial charge on any atom is -0.396 e. The van der Waals surface area contributed by atoms with Crippen LogP contribution in [0.4, 0.5) is 11.5 Å². The van der Waals surface area contributed by atoms with Crippen LogP contribution in [0.2, 0.25) is 0 Å². The SMILES string of the molecule is N#Cc1ccnc(NCCSCCCO)c1N. The molecule has 1 rings (SSSR count). The van der Waals surface area contributed by atoms with Crippen LogP contribution in [-0.2, 0) is 0 Å². The van der Waals surface area contributed by atoms with Crippen molar-refractivity contribution >= 4 is 23.3 Å². The van der Waals surface area contributed by atoms with Gasteiger partial charge in [-0.2, -0.15) is 17.0 Å². The van der Waals surface area contributed by atoms with E-state index in [1.807, 2.05) is 6.07 Å². The molecule has 0 saturated heterocycles. The van der Waals surface area contributed by atoms with Gasteiger partial charge in [-0.05, 0) is 18.2 Å². The lowest BCUT2D eigenvalue weighted by atomic mass is 10.2. The highest BCUT2D eigenvalue weighted by Crippen LogP contribution is 2.18. The first-order chi connectivity index (χ1) is 8.29. The first-order valence-electron chi connectivity index (χ1n) is 5.36. The molecule has 0 aliphatic rings. The van der Waals surface area contributed by atoms with Crippen LogP contribution in [0.25, 0.3) is 0 Å². The molecule has 92 valence electrons. The second-order valence-corrected chi connectivity index (χ2v) is 4.57. The van der Waals surface area contributed by atoms with Gasteiger partial charge in [0.25, 0.3) is 0 Å². The summed E-state index contributed by atoms with van der Waals surface area (Å²) in [5, 5.41) is 20.5. The average molecular weight is 252 g/mol. The summed E-state index contributed by atoms with van der Waals surface area (Å²) in [4.78, 5) is 4.08. The van der Waals surface area contributed by atoms with Gasteiger partial charge < -0.3 is 16.2 Å². The zero-order valence-electron chi connectivity index (χ0n) is 9.52. The number of nitriles is 1. The number of rotatable bonds is 7. The molecule has 0 atom stereocenters. The second kappa shape index (κ2) is 7.76. The zero-order valence-corrected chi connectivity index (χ0v) is 10.3. The fraction of sp³-hybridized carbons (Fsp3) is 0.455. The Bertz CT molecular complexity index is 392. The Morgan fingerprint density at radius 3 is 3.06 bits per heavy atom. The summed E-state index contributed by atoms with van der Waals surface area (Å²) in [6.07, 6.45) is 2.38. The summed E-state index contributed by atoms with van der Waals surface area (Å²) >= 11 is 1.76. The molecule has 0 aliphatic carbocycles. The minimum atomic E-state index is 0.235. The summed E-state index contributed by atoms with van der Waals surface area (Å²) in [6.45, 7) is 0.974. The molecular formula is C11H16N4OS. The van der Waals surface area contributed by atoms with E-state index in [0.717, 1.165) is 24.5 Å². The van der Waals surface area contributed by atoms with Crippen molar-refractivity contribution < 1.29 is 5.11 Å². The van der Waals surface area contributed by atoms with E-state index in [0.29, 0.717) is 17.1 Å². The van der Waals surface area contributed by atoms with Crippen molar-refractivity contribution in [3.8, 4) is 6.07 Å². The molecule has 0 saturated carbocycles. The molecule has 0 fully saturated rings. The Morgan fingerprint density at radius 1 is 1.53 bits per heavy atom. The predicted molar refractivity (Wildman–Crippen MR) is 70.9 cm³/mol. The number of hydrogen-bond donors (Lipinski definition) is 3. The molecule has 6 heteroatoms. The predicted octanol–water partition coefficient (Wildman–Crippen LogP) is 1.06. The third-order valence-electron chi connectivity index (χ3n) is 2.10. The molecule has 0 aromatic carbocycles. The van der Waals surface area contributed by atoms with Crippen molar-refractivity contribution in [3.63, 3.8) is 0 Å². The summed E-state index contributed by atoms with van der Waals surface area (Å²) in [6, 6.07) is 3.61. The van der Waals surface area contributed by atoms with E-state index in [-0.39, 0.29) is 6.61 Å². The van der Waals surface area contributed by atoms with Crippen molar-refractivity contribution in [1.82, 2.24) is 4.98 Å². The van der Waals surface area contributed by atoms with E-state index in [2.05, 4.69) is 10.3 Å². The fourth-order valence-electron chi connectivity index (χ4n) is 1.22. The molecule has 1 aromatic rings. The highest BCUT2D eigenvalue weighted by molar-refractivity contribution is 7.99. The zero-order chi connectivity index (χ0) is 12.5. The summed E-state index contributed by atoms with van der Waals surface area (Å²) < 4.78 is 0. The molecule has 17 heavy (non-hydrogen) atoms. The molecule has 5 nitrogen and oxygen atoms in total. The molecule has 0 unspecified atom stereocenters. The van der Waals surface area contributed by atoms with Crippen LogP contribution in [0.15, 0.2) is 12.3 Å². The quantitative estimate of drug-likeness (QED) is 0.628. The number of nitrogens with one attached hydrogen (secondary N) is 1. The van der Waals surface area contributed by atoms with E-state index < -0.39 is 0 Å². The van der Waals surface area contributed by atoms with Gasteiger partial charge in [-0.1, -0.05) is 0 Å². The van der Waals surface area contributed by atoms with Gasteiger partial charge in [0.2, 0.25) is 0 Å². The molecule has 1 aromatic heterocycles. The van der Waals surface area contributed by atoms with Crippen molar-refractivity contribution in [2.75, 3.05) is 35.7 Å². The van der Waals surface area contributed by atoms with E-state index in [4.69, 9.17) is 16.1 Å². The Hall–Kier alpha value is -1.45. The average Bonchev–Trinajstić information content (AvgIpc) is 2.35. The van der Waals surface area contributed by atoms with Crippen molar-refractivity contribution in [2.45, 2.75) is 6.42 Å². The van der Waals surface area contributed by atoms with Crippen LogP contribution < -0.4 is 11.1 Å². The molecule has 1 heterocycles. The van der Waals surface area contributed by atoms with Crippen LogP contribution >= 0.6 is 11.8 Å². The summed E-state index contributed by atoms with van der Waals surface area (Å²) in [7, 11) is 0. The lowest BCUT2D eigenvalue weighted by Crippen LogP contribution is -2.09. The first kappa shape index (κ1) is 13.6. The van der Waals surface area contributed by atoms with E-state index in [1.54, 1.807) is 24.0 Å². The Kier molecular flexibility index (Phi) is 6.22. The lowest BCUT2D eigenvalue weighted by molar-refractivity contribution is 0.296. The topological polar surface area (TPSA) is 95.0 Å². The molecule has 0 aliphatic heterocycles. The smallest absolute Gasteiger partial charge is 0.150 e. The number of thioether (sulfide) groups is 1. The number of anilines is 2. The number of aliphatic hydroxyl groups excluding tert-OH is 1. The highest BCUT2D eigenvalue weighted by Gasteiger charge is 2.04. The van der Waals surface area contributed by atoms with Crippen LogP contribution in [0.1, 0.15) is 12.0 Å². The monoisotopic (exact) mass is 252 g/mol. The standard InChI is InChI=1S/C11H16N4OS/c12-8-9-2-3-14-11(10(9)13)15-4-7-17-6-1-5-16/h2-3,16H,1,4-7,13H2,(H,14,15). The van der Waals surface area contributed by atoms with Gasteiger partial charge in [-0.3, -0.25) is 0 Å². The van der Waals surface area contributed by atoms with Crippen LogP contribution in [0, 0.1) is 11.3 Å². The number of aliphatic hydroxyl groups is 1. The first-order valence-corrected chi connectivity index (χ1v) is 6.52. The maximum absolute atomic E-state index is 8.80. The maximum atomic E-state index is 8.80. The molecule has 0 amide bonds. The van der Waals surface area contributed by atoms with Crippen LogP contribution in [0.3, 0.4) is 0 Å². The summed E-state index contributed by atoms with van der Waals surface area (Å²) in [5.74, 6) is 2.42. The molecule has 4 N–H and O–H groups in total. The van der Waals surface area contributed by atoms with Gasteiger partial charge in [0.05, 0.1) is 11.3 Å². The normalized spacial score (nSPS) is 9.88.